The van der Waals surface area contributed by atoms with Crippen LogP contribution in [0.5, 0.6) is 0 Å². The third kappa shape index (κ3) is 0.805. The largest absolute Gasteiger partial charge is 0.246 e. The van der Waals surface area contributed by atoms with Crippen LogP contribution < -0.4 is 0 Å². The van der Waals surface area contributed by atoms with Gasteiger partial charge in [0, 0.05) is 0 Å². The molecule has 0 saturated heterocycles. The molecule has 1 unspecified atom stereocenters. The Balaban J connectivity index is 2.16. The van der Waals surface area contributed by atoms with Crippen molar-refractivity contribution in [2.45, 2.75) is 6.42 Å². The van der Waals surface area contributed by atoms with Crippen LogP contribution in [0, 0.1) is 11.8 Å². The molecule has 2 aliphatic rings. The third-order valence-electron chi connectivity index (χ3n) is 2.03. The van der Waals surface area contributed by atoms with Crippen LogP contribution in [0.1, 0.15) is 6.42 Å². The molecule has 0 nitrogen and oxygen atoms in total. The smallest absolute Gasteiger partial charge is 0.114 e. The summed E-state index contributed by atoms with van der Waals surface area (Å²) in [6.07, 6.45) is 7.35. The van der Waals surface area contributed by atoms with Crippen molar-refractivity contribution in [2.75, 3.05) is 6.67 Å². The first-order chi connectivity index (χ1) is 4.40. The van der Waals surface area contributed by atoms with E-state index in [2.05, 4.69) is 12.2 Å². The summed E-state index contributed by atoms with van der Waals surface area (Å²) in [5, 5.41) is 0. The molecular formula is C8H9F. The van der Waals surface area contributed by atoms with Crippen LogP contribution in [0.15, 0.2) is 23.8 Å². The molecule has 2 rings (SSSR count). The van der Waals surface area contributed by atoms with Gasteiger partial charge in [-0.3, -0.25) is 0 Å². The van der Waals surface area contributed by atoms with E-state index in [-0.39, 0.29) is 6.67 Å². The van der Waals surface area contributed by atoms with Gasteiger partial charge in [-0.15, -0.1) is 0 Å². The molecule has 2 atom stereocenters. The first-order valence-electron chi connectivity index (χ1n) is 3.35. The maximum absolute atomic E-state index is 12.0. The predicted molar refractivity (Wildman–Crippen MR) is 34.8 cm³/mol. The van der Waals surface area contributed by atoms with E-state index in [1.54, 1.807) is 0 Å². The van der Waals surface area contributed by atoms with Crippen molar-refractivity contribution < 1.29 is 4.39 Å². The fourth-order valence-corrected chi connectivity index (χ4v) is 1.32. The average molecular weight is 124 g/mol. The summed E-state index contributed by atoms with van der Waals surface area (Å²) in [4.78, 5) is 0. The standard InChI is InChI=1S/C8H9F/c9-5-6-1-2-7-4-8(7)3-6/h1-3,7-8H,4-5H2/t7-,8?/m1/s1. The molecule has 0 aromatic heterocycles. The van der Waals surface area contributed by atoms with Crippen LogP contribution in [0.2, 0.25) is 0 Å². The molecule has 0 bridgehead atoms. The average Bonchev–Trinajstić information content (AvgIpc) is 2.64. The van der Waals surface area contributed by atoms with Crippen molar-refractivity contribution in [1.82, 2.24) is 0 Å². The van der Waals surface area contributed by atoms with Crippen LogP contribution in [-0.4, -0.2) is 6.67 Å². The van der Waals surface area contributed by atoms with Crippen molar-refractivity contribution in [1.29, 1.82) is 0 Å². The number of allylic oxidation sites excluding steroid dienone is 4. The highest BCUT2D eigenvalue weighted by Gasteiger charge is 2.34. The van der Waals surface area contributed by atoms with Gasteiger partial charge in [0.25, 0.3) is 0 Å². The monoisotopic (exact) mass is 124 g/mol. The molecule has 1 fully saturated rings. The molecule has 0 amide bonds. The highest BCUT2D eigenvalue weighted by atomic mass is 19.1. The highest BCUT2D eigenvalue weighted by molar-refractivity contribution is 5.30. The van der Waals surface area contributed by atoms with Gasteiger partial charge in [-0.1, -0.05) is 18.2 Å². The second-order valence-corrected chi connectivity index (χ2v) is 2.80. The van der Waals surface area contributed by atoms with Gasteiger partial charge < -0.3 is 0 Å². The Labute approximate surface area is 54.1 Å². The summed E-state index contributed by atoms with van der Waals surface area (Å²) in [6, 6.07) is 0. The van der Waals surface area contributed by atoms with E-state index in [4.69, 9.17) is 0 Å². The fraction of sp³-hybridized carbons (Fsp3) is 0.500. The van der Waals surface area contributed by atoms with Crippen LogP contribution in [0.3, 0.4) is 0 Å². The number of rotatable bonds is 1. The lowest BCUT2D eigenvalue weighted by Crippen LogP contribution is -1.88. The summed E-state index contributed by atoms with van der Waals surface area (Å²) >= 11 is 0. The lowest BCUT2D eigenvalue weighted by molar-refractivity contribution is 0.546. The van der Waals surface area contributed by atoms with E-state index >= 15 is 0 Å². The van der Waals surface area contributed by atoms with Crippen molar-refractivity contribution in [3.63, 3.8) is 0 Å². The molecule has 0 spiro atoms. The van der Waals surface area contributed by atoms with E-state index in [1.165, 1.54) is 6.42 Å². The maximum atomic E-state index is 12.0. The molecule has 48 valence electrons. The Morgan fingerprint density at radius 1 is 1.56 bits per heavy atom. The van der Waals surface area contributed by atoms with E-state index in [9.17, 15) is 4.39 Å². The number of fused-ring (bicyclic) bond motifs is 1. The van der Waals surface area contributed by atoms with Crippen LogP contribution in [0.25, 0.3) is 0 Å². The Morgan fingerprint density at radius 2 is 2.44 bits per heavy atom. The molecule has 9 heavy (non-hydrogen) atoms. The molecule has 0 aromatic rings. The van der Waals surface area contributed by atoms with E-state index in [1.807, 2.05) is 6.08 Å². The summed E-state index contributed by atoms with van der Waals surface area (Å²) < 4.78 is 12.0. The van der Waals surface area contributed by atoms with Crippen molar-refractivity contribution in [3.05, 3.63) is 23.8 Å². The fourth-order valence-electron chi connectivity index (χ4n) is 1.32. The van der Waals surface area contributed by atoms with Gasteiger partial charge in [0.2, 0.25) is 0 Å². The van der Waals surface area contributed by atoms with Gasteiger partial charge >= 0.3 is 0 Å². The molecule has 0 N–H and O–H groups in total. The van der Waals surface area contributed by atoms with E-state index < -0.39 is 0 Å². The lowest BCUT2D eigenvalue weighted by Gasteiger charge is -1.98. The lowest BCUT2D eigenvalue weighted by atomic mass is 10.1. The minimum atomic E-state index is -0.292. The second-order valence-electron chi connectivity index (χ2n) is 2.80. The Bertz CT molecular complexity index is 179. The zero-order valence-electron chi connectivity index (χ0n) is 5.18. The molecular weight excluding hydrogens is 115 g/mol. The van der Waals surface area contributed by atoms with Crippen LogP contribution in [0.4, 0.5) is 4.39 Å². The van der Waals surface area contributed by atoms with Gasteiger partial charge in [-0.05, 0) is 23.8 Å². The predicted octanol–water partition coefficient (Wildman–Crippen LogP) is 2.09. The van der Waals surface area contributed by atoms with Gasteiger partial charge in [0.15, 0.2) is 0 Å². The maximum Gasteiger partial charge on any atom is 0.114 e. The van der Waals surface area contributed by atoms with Gasteiger partial charge in [-0.25, -0.2) is 4.39 Å². The number of halogens is 1. The van der Waals surface area contributed by atoms with Crippen molar-refractivity contribution >= 4 is 0 Å². The Hall–Kier alpha value is -0.590. The van der Waals surface area contributed by atoms with Crippen molar-refractivity contribution in [3.8, 4) is 0 Å². The normalized spacial score (nSPS) is 37.7. The summed E-state index contributed by atoms with van der Waals surface area (Å²) in [5.41, 5.74) is 0.869. The Kier molecular flexibility index (Phi) is 0.981. The van der Waals surface area contributed by atoms with E-state index in [0.717, 1.165) is 11.5 Å². The second kappa shape index (κ2) is 1.69. The minimum absolute atomic E-state index is 0.292. The zero-order chi connectivity index (χ0) is 6.27. The zero-order valence-corrected chi connectivity index (χ0v) is 5.18. The summed E-state index contributed by atoms with van der Waals surface area (Å²) in [6.45, 7) is -0.292. The molecule has 2 aliphatic carbocycles. The summed E-state index contributed by atoms with van der Waals surface area (Å²) in [7, 11) is 0. The SMILES string of the molecule is FCC1=CC2C[C@H]2C=C1. The van der Waals surface area contributed by atoms with Gasteiger partial charge in [-0.2, -0.15) is 0 Å². The minimum Gasteiger partial charge on any atom is -0.246 e. The number of hydrogen-bond donors (Lipinski definition) is 0. The number of hydrogen-bond acceptors (Lipinski definition) is 0. The molecule has 1 heteroatoms. The molecule has 0 heterocycles. The molecule has 1 saturated carbocycles. The Morgan fingerprint density at radius 3 is 3.11 bits per heavy atom. The van der Waals surface area contributed by atoms with Crippen LogP contribution >= 0.6 is 0 Å². The van der Waals surface area contributed by atoms with Crippen LogP contribution in [-0.2, 0) is 0 Å². The first-order valence-corrected chi connectivity index (χ1v) is 3.35. The van der Waals surface area contributed by atoms with Gasteiger partial charge in [0.05, 0.1) is 0 Å². The van der Waals surface area contributed by atoms with Crippen molar-refractivity contribution in [2.24, 2.45) is 11.8 Å². The molecule has 0 aliphatic heterocycles. The van der Waals surface area contributed by atoms with Gasteiger partial charge in [0.1, 0.15) is 6.67 Å². The first kappa shape index (κ1) is 5.21. The number of alkyl halides is 1. The van der Waals surface area contributed by atoms with E-state index in [0.29, 0.717) is 5.92 Å². The summed E-state index contributed by atoms with van der Waals surface area (Å²) in [5.74, 6) is 1.46. The third-order valence-corrected chi connectivity index (χ3v) is 2.03. The topological polar surface area (TPSA) is 0 Å². The quantitative estimate of drug-likeness (QED) is 0.502. The molecule has 0 radical (unpaired) electrons. The molecule has 0 aromatic carbocycles. The highest BCUT2D eigenvalue weighted by Crippen LogP contribution is 2.44.